The second-order valence-corrected chi connectivity index (χ2v) is 8.45. The molecule has 0 bridgehead atoms. The Balaban J connectivity index is 1.38. The van der Waals surface area contributed by atoms with Gasteiger partial charge in [-0.05, 0) is 73.0 Å². The number of anilines is 1. The molecule has 1 saturated heterocycles. The molecule has 1 heterocycles. The lowest BCUT2D eigenvalue weighted by Gasteiger charge is -2.17. The summed E-state index contributed by atoms with van der Waals surface area (Å²) in [5.41, 5.74) is 5.80. The molecule has 1 fully saturated rings. The van der Waals surface area contributed by atoms with Crippen molar-refractivity contribution in [2.45, 2.75) is 19.4 Å². The number of hydrogen-bond donors (Lipinski definition) is 1. The Morgan fingerprint density at radius 2 is 1.78 bits per heavy atom. The monoisotopic (exact) mass is 495 g/mol. The number of hydrazone groups is 1. The van der Waals surface area contributed by atoms with Crippen LogP contribution in [0.15, 0.2) is 76.3 Å². The van der Waals surface area contributed by atoms with Gasteiger partial charge >= 0.3 is 0 Å². The molecule has 0 aliphatic carbocycles. The van der Waals surface area contributed by atoms with Gasteiger partial charge < -0.3 is 9.64 Å². The number of benzene rings is 3. The quantitative estimate of drug-likeness (QED) is 0.346. The van der Waals surface area contributed by atoms with Crippen molar-refractivity contribution >= 4 is 33.7 Å². The summed E-state index contributed by atoms with van der Waals surface area (Å²) >= 11 is 3.44. The molecule has 0 unspecified atom stereocenters. The van der Waals surface area contributed by atoms with Gasteiger partial charge in [0.1, 0.15) is 18.2 Å². The molecule has 0 radical (unpaired) electrons. The van der Waals surface area contributed by atoms with Crippen molar-refractivity contribution in [3.63, 3.8) is 0 Å². The smallest absolute Gasteiger partial charge is 0.271 e. The van der Waals surface area contributed by atoms with Gasteiger partial charge in [-0.2, -0.15) is 5.10 Å². The van der Waals surface area contributed by atoms with E-state index in [0.717, 1.165) is 28.8 Å². The fourth-order valence-electron chi connectivity index (χ4n) is 3.52. The highest BCUT2D eigenvalue weighted by Crippen LogP contribution is 2.23. The molecule has 1 aliphatic rings. The number of ether oxygens (including phenoxy) is 1. The minimum atomic E-state index is -0.286. The number of hydrogen-bond acceptors (Lipinski definition) is 4. The first-order valence-electron chi connectivity index (χ1n) is 10.4. The molecule has 0 spiro atoms. The lowest BCUT2D eigenvalue weighted by Crippen LogP contribution is -2.19. The number of rotatable bonds is 7. The Morgan fingerprint density at radius 3 is 2.50 bits per heavy atom. The molecular formula is C25H23BrFN3O2. The molecule has 5 nitrogen and oxygen atoms in total. The van der Waals surface area contributed by atoms with Gasteiger partial charge in [0.05, 0.1) is 6.21 Å². The normalized spacial score (nSPS) is 13.5. The van der Waals surface area contributed by atoms with E-state index in [9.17, 15) is 9.18 Å². The Kier molecular flexibility index (Phi) is 7.17. The van der Waals surface area contributed by atoms with Crippen LogP contribution in [0.3, 0.4) is 0 Å². The maximum atomic E-state index is 13.1. The molecule has 0 saturated carbocycles. The number of nitrogens with one attached hydrogen (secondary N) is 1. The highest BCUT2D eigenvalue weighted by atomic mass is 79.9. The van der Waals surface area contributed by atoms with Crippen LogP contribution in [0.4, 0.5) is 10.1 Å². The largest absolute Gasteiger partial charge is 0.488 e. The molecule has 7 heteroatoms. The number of amides is 1. The van der Waals surface area contributed by atoms with Crippen LogP contribution in [-0.2, 0) is 6.61 Å². The summed E-state index contributed by atoms with van der Waals surface area (Å²) in [5.74, 6) is 0.0372. The summed E-state index contributed by atoms with van der Waals surface area (Å²) in [6.07, 6.45) is 3.96. The Labute approximate surface area is 195 Å². The molecule has 3 aromatic carbocycles. The summed E-state index contributed by atoms with van der Waals surface area (Å²) in [4.78, 5) is 14.8. The van der Waals surface area contributed by atoms with E-state index in [2.05, 4.69) is 31.4 Å². The van der Waals surface area contributed by atoms with Crippen LogP contribution < -0.4 is 15.1 Å². The fourth-order valence-corrected chi connectivity index (χ4v) is 3.90. The van der Waals surface area contributed by atoms with Gasteiger partial charge in [0, 0.05) is 34.4 Å². The topological polar surface area (TPSA) is 53.9 Å². The zero-order valence-electron chi connectivity index (χ0n) is 17.4. The molecule has 3 aromatic rings. The van der Waals surface area contributed by atoms with Crippen LogP contribution >= 0.6 is 15.9 Å². The zero-order chi connectivity index (χ0) is 22.3. The standard InChI is InChI=1S/C25H23BrFN3O2/c26-21-7-12-24(32-17-18-3-8-22(27)9-4-18)20(15-21)16-28-29-25(31)19-5-10-23(11-6-19)30-13-1-2-14-30/h3-12,15-16H,1-2,13-14,17H2,(H,29,31)/b28-16-. The summed E-state index contributed by atoms with van der Waals surface area (Å²) < 4.78 is 19.8. The minimum absolute atomic E-state index is 0.280. The van der Waals surface area contributed by atoms with E-state index < -0.39 is 0 Å². The molecule has 0 atom stereocenters. The van der Waals surface area contributed by atoms with Gasteiger partial charge in [0.2, 0.25) is 0 Å². The van der Waals surface area contributed by atoms with Crippen molar-refractivity contribution in [3.8, 4) is 5.75 Å². The molecular weight excluding hydrogens is 473 g/mol. The number of nitrogens with zero attached hydrogens (tertiary/aromatic N) is 2. The summed E-state index contributed by atoms with van der Waals surface area (Å²) in [5, 5.41) is 4.10. The maximum absolute atomic E-state index is 13.1. The van der Waals surface area contributed by atoms with Crippen LogP contribution in [-0.4, -0.2) is 25.2 Å². The molecule has 1 amide bonds. The number of halogens is 2. The van der Waals surface area contributed by atoms with E-state index in [0.29, 0.717) is 23.5 Å². The highest BCUT2D eigenvalue weighted by Gasteiger charge is 2.13. The van der Waals surface area contributed by atoms with Crippen molar-refractivity contribution in [3.05, 3.63) is 93.7 Å². The lowest BCUT2D eigenvalue weighted by molar-refractivity contribution is 0.0955. The molecule has 32 heavy (non-hydrogen) atoms. The highest BCUT2D eigenvalue weighted by molar-refractivity contribution is 9.10. The van der Waals surface area contributed by atoms with Gasteiger partial charge in [-0.25, -0.2) is 9.82 Å². The van der Waals surface area contributed by atoms with Crippen molar-refractivity contribution in [1.82, 2.24) is 5.43 Å². The van der Waals surface area contributed by atoms with Crippen molar-refractivity contribution in [1.29, 1.82) is 0 Å². The van der Waals surface area contributed by atoms with Crippen molar-refractivity contribution < 1.29 is 13.9 Å². The third-order valence-electron chi connectivity index (χ3n) is 5.25. The van der Waals surface area contributed by atoms with E-state index in [4.69, 9.17) is 4.74 Å². The van der Waals surface area contributed by atoms with E-state index in [1.165, 1.54) is 25.0 Å². The Bertz CT molecular complexity index is 1100. The third kappa shape index (κ3) is 5.73. The second kappa shape index (κ2) is 10.4. The lowest BCUT2D eigenvalue weighted by atomic mass is 10.2. The SMILES string of the molecule is O=C(N/N=C\c1cc(Br)ccc1OCc1ccc(F)cc1)c1ccc(N2CCCC2)cc1. The van der Waals surface area contributed by atoms with Crippen LogP contribution in [0, 0.1) is 5.82 Å². The molecule has 4 rings (SSSR count). The predicted molar refractivity (Wildman–Crippen MR) is 128 cm³/mol. The van der Waals surface area contributed by atoms with Gasteiger partial charge in [0.25, 0.3) is 5.91 Å². The van der Waals surface area contributed by atoms with Crippen LogP contribution in [0.2, 0.25) is 0 Å². The van der Waals surface area contributed by atoms with E-state index in [1.807, 2.05) is 42.5 Å². The Morgan fingerprint density at radius 1 is 1.06 bits per heavy atom. The van der Waals surface area contributed by atoms with Gasteiger partial charge in [-0.3, -0.25) is 4.79 Å². The van der Waals surface area contributed by atoms with Gasteiger partial charge in [0.15, 0.2) is 0 Å². The van der Waals surface area contributed by atoms with Gasteiger partial charge in [-0.1, -0.05) is 28.1 Å². The molecule has 0 aromatic heterocycles. The Hall–Kier alpha value is -3.19. The van der Waals surface area contributed by atoms with Crippen LogP contribution in [0.25, 0.3) is 0 Å². The first kappa shape index (κ1) is 22.0. The van der Waals surface area contributed by atoms with E-state index in [1.54, 1.807) is 18.3 Å². The second-order valence-electron chi connectivity index (χ2n) is 7.54. The zero-order valence-corrected chi connectivity index (χ0v) is 19.0. The molecule has 1 aliphatic heterocycles. The molecule has 1 N–H and O–H groups in total. The maximum Gasteiger partial charge on any atom is 0.271 e. The van der Waals surface area contributed by atoms with Crippen LogP contribution in [0.1, 0.15) is 34.3 Å². The summed E-state index contributed by atoms with van der Waals surface area (Å²) in [6, 6.07) is 19.2. The average Bonchev–Trinajstić information content (AvgIpc) is 3.35. The van der Waals surface area contributed by atoms with E-state index >= 15 is 0 Å². The van der Waals surface area contributed by atoms with Crippen molar-refractivity contribution in [2.75, 3.05) is 18.0 Å². The fraction of sp³-hybridized carbons (Fsp3) is 0.200. The minimum Gasteiger partial charge on any atom is -0.488 e. The van der Waals surface area contributed by atoms with Crippen LogP contribution in [0.5, 0.6) is 5.75 Å². The van der Waals surface area contributed by atoms with Crippen molar-refractivity contribution in [2.24, 2.45) is 5.10 Å². The number of carbonyl (C=O) groups excluding carboxylic acids is 1. The first-order valence-corrected chi connectivity index (χ1v) is 11.2. The summed E-state index contributed by atoms with van der Waals surface area (Å²) in [6.45, 7) is 2.42. The molecule has 164 valence electrons. The van der Waals surface area contributed by atoms with Gasteiger partial charge in [-0.15, -0.1) is 0 Å². The number of carbonyl (C=O) groups is 1. The average molecular weight is 496 g/mol. The van der Waals surface area contributed by atoms with E-state index in [-0.39, 0.29) is 11.7 Å². The predicted octanol–water partition coefficient (Wildman–Crippen LogP) is 5.53. The first-order chi connectivity index (χ1) is 15.6. The third-order valence-corrected chi connectivity index (χ3v) is 5.74. The summed E-state index contributed by atoms with van der Waals surface area (Å²) in [7, 11) is 0.